The second kappa shape index (κ2) is 5.74. The zero-order valence-electron chi connectivity index (χ0n) is 11.2. The molecule has 0 amide bonds. The molecule has 2 aromatic rings. The van der Waals surface area contributed by atoms with Crippen molar-refractivity contribution in [1.29, 1.82) is 0 Å². The van der Waals surface area contributed by atoms with Crippen LogP contribution in [0.4, 0.5) is 5.69 Å². The lowest BCUT2D eigenvalue weighted by atomic mass is 10.0. The minimum Gasteiger partial charge on any atom is -0.399 e. The van der Waals surface area contributed by atoms with E-state index >= 15 is 0 Å². The van der Waals surface area contributed by atoms with Crippen LogP contribution in [0.5, 0.6) is 0 Å². The molecule has 2 nitrogen and oxygen atoms in total. The molecule has 0 atom stereocenters. The van der Waals surface area contributed by atoms with Gasteiger partial charge in [0.2, 0.25) is 0 Å². The normalized spacial score (nSPS) is 15.6. The van der Waals surface area contributed by atoms with Crippen LogP contribution in [0.3, 0.4) is 0 Å². The van der Waals surface area contributed by atoms with Crippen LogP contribution in [-0.2, 0) is 19.3 Å². The Labute approximate surface area is 118 Å². The van der Waals surface area contributed by atoms with Crippen LogP contribution in [0, 0.1) is 0 Å². The van der Waals surface area contributed by atoms with E-state index in [-0.39, 0.29) is 0 Å². The van der Waals surface area contributed by atoms with Gasteiger partial charge in [-0.3, -0.25) is 0 Å². The van der Waals surface area contributed by atoms with Crippen molar-refractivity contribution in [1.82, 2.24) is 4.98 Å². The molecule has 0 aliphatic heterocycles. The first-order valence-corrected chi connectivity index (χ1v) is 7.95. The van der Waals surface area contributed by atoms with Crippen molar-refractivity contribution in [3.8, 4) is 0 Å². The number of anilines is 1. The lowest BCUT2D eigenvalue weighted by molar-refractivity contribution is 0.615. The topological polar surface area (TPSA) is 38.9 Å². The van der Waals surface area contributed by atoms with E-state index in [1.54, 1.807) is 0 Å². The minimum atomic E-state index is 0.829. The first kappa shape index (κ1) is 12.7. The summed E-state index contributed by atoms with van der Waals surface area (Å²) in [6.07, 6.45) is 8.73. The largest absolute Gasteiger partial charge is 0.399 e. The molecule has 1 aromatic carbocycles. The number of thiazole rings is 1. The molecule has 1 heterocycles. The Kier molecular flexibility index (Phi) is 3.83. The second-order valence-corrected chi connectivity index (χ2v) is 6.48. The average molecular weight is 272 g/mol. The number of aryl methyl sites for hydroxylation is 2. The fourth-order valence-corrected chi connectivity index (χ4v) is 3.84. The molecule has 0 radical (unpaired) electrons. The van der Waals surface area contributed by atoms with Crippen molar-refractivity contribution in [2.45, 2.75) is 44.9 Å². The Balaban J connectivity index is 1.78. The molecule has 0 saturated carbocycles. The number of nitrogens with two attached hydrogens (primary N) is 1. The monoisotopic (exact) mass is 272 g/mol. The minimum absolute atomic E-state index is 0.829. The molecule has 0 unspecified atom stereocenters. The number of nitrogens with zero attached hydrogens (tertiary/aromatic N) is 1. The van der Waals surface area contributed by atoms with E-state index in [1.807, 2.05) is 23.5 Å². The van der Waals surface area contributed by atoms with E-state index < -0.39 is 0 Å². The zero-order valence-corrected chi connectivity index (χ0v) is 12.0. The summed E-state index contributed by atoms with van der Waals surface area (Å²) >= 11 is 1.91. The molecule has 2 N–H and O–H groups in total. The molecule has 0 bridgehead atoms. The van der Waals surface area contributed by atoms with Crippen LogP contribution in [-0.4, -0.2) is 4.98 Å². The highest BCUT2D eigenvalue weighted by molar-refractivity contribution is 7.11. The highest BCUT2D eigenvalue weighted by atomic mass is 32.1. The van der Waals surface area contributed by atoms with E-state index in [2.05, 4.69) is 12.1 Å². The first-order chi connectivity index (χ1) is 9.31. The Bertz CT molecular complexity index is 517. The van der Waals surface area contributed by atoms with Crippen molar-refractivity contribution in [2.75, 3.05) is 5.73 Å². The van der Waals surface area contributed by atoms with Crippen molar-refractivity contribution in [3.63, 3.8) is 0 Å². The maximum absolute atomic E-state index is 5.72. The molecular formula is C16H20N2S. The smallest absolute Gasteiger partial charge is 0.0974 e. The maximum Gasteiger partial charge on any atom is 0.0974 e. The van der Waals surface area contributed by atoms with Gasteiger partial charge in [-0.15, -0.1) is 11.3 Å². The second-order valence-electron chi connectivity index (χ2n) is 5.31. The van der Waals surface area contributed by atoms with Crippen LogP contribution in [0.15, 0.2) is 24.3 Å². The predicted octanol–water partition coefficient (Wildman–Crippen LogP) is 3.98. The molecule has 1 aliphatic rings. The summed E-state index contributed by atoms with van der Waals surface area (Å²) in [5, 5.41) is 1.26. The number of hydrogen-bond donors (Lipinski definition) is 1. The Morgan fingerprint density at radius 2 is 1.74 bits per heavy atom. The predicted molar refractivity (Wildman–Crippen MR) is 81.7 cm³/mol. The van der Waals surface area contributed by atoms with Gasteiger partial charge in [0.1, 0.15) is 0 Å². The molecular weight excluding hydrogens is 252 g/mol. The summed E-state index contributed by atoms with van der Waals surface area (Å²) in [5.41, 5.74) is 9.22. The van der Waals surface area contributed by atoms with Gasteiger partial charge in [-0.2, -0.15) is 0 Å². The van der Waals surface area contributed by atoms with Gasteiger partial charge in [-0.25, -0.2) is 4.98 Å². The van der Waals surface area contributed by atoms with Crippen LogP contribution >= 0.6 is 11.3 Å². The Hall–Kier alpha value is -1.35. The average Bonchev–Trinajstić information content (AvgIpc) is 2.74. The number of aromatic nitrogens is 1. The fourth-order valence-electron chi connectivity index (χ4n) is 2.64. The standard InChI is InChI=1S/C16H20N2S/c17-13-9-7-12(8-10-13)11-16-18-14-5-3-1-2-4-6-15(14)19-16/h7-10H,1-6,11,17H2. The number of hydrogen-bond acceptors (Lipinski definition) is 3. The highest BCUT2D eigenvalue weighted by Crippen LogP contribution is 2.27. The molecule has 0 saturated heterocycles. The fraction of sp³-hybridized carbons (Fsp3) is 0.438. The summed E-state index contributed by atoms with van der Waals surface area (Å²) < 4.78 is 0. The molecule has 3 heteroatoms. The van der Waals surface area contributed by atoms with Crippen LogP contribution in [0.2, 0.25) is 0 Å². The molecule has 1 aliphatic carbocycles. The van der Waals surface area contributed by atoms with Gasteiger partial charge in [-0.1, -0.05) is 25.0 Å². The number of rotatable bonds is 2. The quantitative estimate of drug-likeness (QED) is 0.840. The first-order valence-electron chi connectivity index (χ1n) is 7.13. The molecule has 100 valence electrons. The van der Waals surface area contributed by atoms with Crippen LogP contribution in [0.1, 0.15) is 46.8 Å². The van der Waals surface area contributed by atoms with Gasteiger partial charge in [0.25, 0.3) is 0 Å². The number of nitrogen functional groups attached to an aromatic ring is 1. The summed E-state index contributed by atoms with van der Waals surface area (Å²) in [5.74, 6) is 0. The van der Waals surface area contributed by atoms with Crippen molar-refractivity contribution >= 4 is 17.0 Å². The van der Waals surface area contributed by atoms with Gasteiger partial charge in [0, 0.05) is 17.0 Å². The van der Waals surface area contributed by atoms with Crippen molar-refractivity contribution in [3.05, 3.63) is 45.4 Å². The van der Waals surface area contributed by atoms with Gasteiger partial charge in [0.05, 0.1) is 10.7 Å². The molecule has 0 fully saturated rings. The zero-order chi connectivity index (χ0) is 13.1. The Morgan fingerprint density at radius 3 is 2.53 bits per heavy atom. The summed E-state index contributed by atoms with van der Waals surface area (Å²) in [6, 6.07) is 8.15. The number of fused-ring (bicyclic) bond motifs is 1. The summed E-state index contributed by atoms with van der Waals surface area (Å²) in [6.45, 7) is 0. The number of benzene rings is 1. The van der Waals surface area contributed by atoms with Crippen molar-refractivity contribution in [2.24, 2.45) is 0 Å². The van der Waals surface area contributed by atoms with E-state index in [4.69, 9.17) is 10.7 Å². The highest BCUT2D eigenvalue weighted by Gasteiger charge is 2.13. The van der Waals surface area contributed by atoms with Gasteiger partial charge >= 0.3 is 0 Å². The lowest BCUT2D eigenvalue weighted by Gasteiger charge is -2.06. The van der Waals surface area contributed by atoms with E-state index in [0.29, 0.717) is 0 Å². The third-order valence-electron chi connectivity index (χ3n) is 3.73. The Morgan fingerprint density at radius 1 is 1.00 bits per heavy atom. The van der Waals surface area contributed by atoms with Gasteiger partial charge < -0.3 is 5.73 Å². The summed E-state index contributed by atoms with van der Waals surface area (Å²) in [4.78, 5) is 6.39. The van der Waals surface area contributed by atoms with Crippen molar-refractivity contribution < 1.29 is 0 Å². The molecule has 1 aromatic heterocycles. The van der Waals surface area contributed by atoms with Crippen LogP contribution in [0.25, 0.3) is 0 Å². The van der Waals surface area contributed by atoms with E-state index in [9.17, 15) is 0 Å². The van der Waals surface area contributed by atoms with Gasteiger partial charge in [-0.05, 0) is 43.4 Å². The molecule has 0 spiro atoms. The summed E-state index contributed by atoms with van der Waals surface area (Å²) in [7, 11) is 0. The van der Waals surface area contributed by atoms with Crippen LogP contribution < -0.4 is 5.73 Å². The molecule has 19 heavy (non-hydrogen) atoms. The van der Waals surface area contributed by atoms with E-state index in [0.717, 1.165) is 12.1 Å². The van der Waals surface area contributed by atoms with E-state index in [1.165, 1.54) is 59.7 Å². The SMILES string of the molecule is Nc1ccc(Cc2nc3c(s2)CCCCCC3)cc1. The third-order valence-corrected chi connectivity index (χ3v) is 4.88. The third kappa shape index (κ3) is 3.16. The maximum atomic E-state index is 5.72. The van der Waals surface area contributed by atoms with Gasteiger partial charge in [0.15, 0.2) is 0 Å². The lowest BCUT2D eigenvalue weighted by Crippen LogP contribution is -1.97. The molecule has 3 rings (SSSR count).